The lowest BCUT2D eigenvalue weighted by molar-refractivity contribution is -0.129. The fraction of sp³-hybridized carbons (Fsp3) is 0.333. The van der Waals surface area contributed by atoms with Crippen LogP contribution in [0.3, 0.4) is 0 Å². The van der Waals surface area contributed by atoms with E-state index in [1.165, 1.54) is 11.8 Å². The molecule has 1 heterocycles. The predicted octanol–water partition coefficient (Wildman–Crippen LogP) is 0.972. The summed E-state index contributed by atoms with van der Waals surface area (Å²) in [5.41, 5.74) is 0.727. The maximum atomic E-state index is 12.0. The van der Waals surface area contributed by atoms with Gasteiger partial charge in [0.1, 0.15) is 5.75 Å². The Balaban J connectivity index is 2.48. The van der Waals surface area contributed by atoms with Crippen LogP contribution in [0.2, 0.25) is 0 Å². The molecule has 2 rings (SSSR count). The molecule has 6 nitrogen and oxygen atoms in total. The number of ketones is 1. The first kappa shape index (κ1) is 15.1. The van der Waals surface area contributed by atoms with E-state index in [0.717, 1.165) is 0 Å². The Hall–Kier alpha value is -2.34. The minimum Gasteiger partial charge on any atom is -0.503 e. The molecule has 0 saturated carbocycles. The second-order valence-electron chi connectivity index (χ2n) is 4.72. The number of ether oxygens (including phenoxy) is 1. The molecule has 1 aromatic carbocycles. The van der Waals surface area contributed by atoms with Crippen LogP contribution in [0.4, 0.5) is 0 Å². The number of benzene rings is 1. The third-order valence-electron chi connectivity index (χ3n) is 3.46. The molecule has 1 atom stereocenters. The summed E-state index contributed by atoms with van der Waals surface area (Å²) in [6, 6.07) is 6.19. The maximum absolute atomic E-state index is 12.0. The van der Waals surface area contributed by atoms with Crippen molar-refractivity contribution in [3.63, 3.8) is 0 Å². The maximum Gasteiger partial charge on any atom is 0.290 e. The summed E-state index contributed by atoms with van der Waals surface area (Å²) in [5, 5.41) is 19.0. The average molecular weight is 291 g/mol. The van der Waals surface area contributed by atoms with E-state index in [1.807, 2.05) is 0 Å². The lowest BCUT2D eigenvalue weighted by atomic mass is 9.97. The fourth-order valence-electron chi connectivity index (χ4n) is 2.48. The van der Waals surface area contributed by atoms with Gasteiger partial charge >= 0.3 is 0 Å². The molecule has 0 aliphatic carbocycles. The molecule has 0 aromatic heterocycles. The number of carbonyl (C=O) groups excluding carboxylic acids is 2. The van der Waals surface area contributed by atoms with E-state index in [4.69, 9.17) is 9.84 Å². The molecular formula is C15H17NO5. The van der Waals surface area contributed by atoms with Gasteiger partial charge in [-0.05, 0) is 24.6 Å². The largest absolute Gasteiger partial charge is 0.503 e. The molecule has 0 bridgehead atoms. The van der Waals surface area contributed by atoms with Crippen molar-refractivity contribution in [1.29, 1.82) is 0 Å². The number of hydrogen-bond acceptors (Lipinski definition) is 5. The molecule has 0 radical (unpaired) electrons. The summed E-state index contributed by atoms with van der Waals surface area (Å²) < 4.78 is 5.07. The molecular weight excluding hydrogens is 274 g/mol. The molecule has 21 heavy (non-hydrogen) atoms. The Morgan fingerprint density at radius 3 is 2.43 bits per heavy atom. The van der Waals surface area contributed by atoms with Gasteiger partial charge in [-0.3, -0.25) is 9.59 Å². The second kappa shape index (κ2) is 5.97. The molecule has 0 unspecified atom stereocenters. The molecule has 1 amide bonds. The molecule has 0 saturated heterocycles. The van der Waals surface area contributed by atoms with E-state index in [0.29, 0.717) is 11.3 Å². The van der Waals surface area contributed by atoms with Gasteiger partial charge in [0.05, 0.1) is 25.3 Å². The number of nitrogens with zero attached hydrogens (tertiary/aromatic N) is 1. The number of amides is 1. The molecule has 6 heteroatoms. The highest BCUT2D eigenvalue weighted by molar-refractivity contribution is 6.08. The number of aliphatic hydroxyl groups is 2. The van der Waals surface area contributed by atoms with Gasteiger partial charge in [0.25, 0.3) is 5.91 Å². The summed E-state index contributed by atoms with van der Waals surface area (Å²) in [6.07, 6.45) is 0. The minimum atomic E-state index is -0.687. The molecule has 2 N–H and O–H groups in total. The van der Waals surface area contributed by atoms with Gasteiger partial charge in [-0.1, -0.05) is 12.1 Å². The molecule has 0 fully saturated rings. The Morgan fingerprint density at radius 1 is 1.33 bits per heavy atom. The number of rotatable bonds is 5. The van der Waals surface area contributed by atoms with Crippen LogP contribution < -0.4 is 4.74 Å². The van der Waals surface area contributed by atoms with Crippen molar-refractivity contribution in [2.24, 2.45) is 0 Å². The first-order valence-corrected chi connectivity index (χ1v) is 6.51. The van der Waals surface area contributed by atoms with Crippen molar-refractivity contribution in [1.82, 2.24) is 4.90 Å². The van der Waals surface area contributed by atoms with Crippen LogP contribution in [0.5, 0.6) is 5.75 Å². The summed E-state index contributed by atoms with van der Waals surface area (Å²) in [7, 11) is 1.54. The fourth-order valence-corrected chi connectivity index (χ4v) is 2.48. The highest BCUT2D eigenvalue weighted by Gasteiger charge is 2.41. The number of carbonyl (C=O) groups is 2. The van der Waals surface area contributed by atoms with Crippen molar-refractivity contribution < 1.29 is 24.5 Å². The smallest absolute Gasteiger partial charge is 0.290 e. The van der Waals surface area contributed by atoms with E-state index in [9.17, 15) is 14.7 Å². The molecule has 1 aromatic rings. The van der Waals surface area contributed by atoms with Gasteiger partial charge < -0.3 is 19.8 Å². The Morgan fingerprint density at radius 2 is 1.95 bits per heavy atom. The van der Waals surface area contributed by atoms with E-state index in [-0.39, 0.29) is 24.5 Å². The topological polar surface area (TPSA) is 87.1 Å². The third kappa shape index (κ3) is 2.62. The van der Waals surface area contributed by atoms with E-state index in [2.05, 4.69) is 0 Å². The third-order valence-corrected chi connectivity index (χ3v) is 3.46. The zero-order valence-electron chi connectivity index (χ0n) is 11.9. The highest BCUT2D eigenvalue weighted by atomic mass is 16.5. The lowest BCUT2D eigenvalue weighted by Gasteiger charge is -2.25. The van der Waals surface area contributed by atoms with Crippen molar-refractivity contribution in [2.75, 3.05) is 20.3 Å². The molecule has 1 aliphatic rings. The van der Waals surface area contributed by atoms with Crippen molar-refractivity contribution in [2.45, 2.75) is 13.0 Å². The number of Topliss-reactive ketones (excluding diaryl/α,β-unsaturated/α-hetero) is 1. The predicted molar refractivity (Wildman–Crippen MR) is 74.9 cm³/mol. The van der Waals surface area contributed by atoms with Crippen LogP contribution in [0.25, 0.3) is 0 Å². The number of β-amino-alcohol motifs (C(OH)–C–C–N with tert-alkyl or cyclic N) is 1. The van der Waals surface area contributed by atoms with Crippen molar-refractivity contribution in [3.8, 4) is 5.75 Å². The summed E-state index contributed by atoms with van der Waals surface area (Å²) in [6.45, 7) is 1.09. The summed E-state index contributed by atoms with van der Waals surface area (Å²) >= 11 is 0. The highest BCUT2D eigenvalue weighted by Crippen LogP contribution is 2.37. The molecule has 1 aliphatic heterocycles. The number of aliphatic hydroxyl groups excluding tert-OH is 2. The van der Waals surface area contributed by atoms with Crippen LogP contribution >= 0.6 is 0 Å². The quantitative estimate of drug-likeness (QED) is 0.844. The van der Waals surface area contributed by atoms with E-state index in [1.54, 1.807) is 31.4 Å². The monoisotopic (exact) mass is 291 g/mol. The lowest BCUT2D eigenvalue weighted by Crippen LogP contribution is -2.33. The first-order valence-electron chi connectivity index (χ1n) is 6.51. The van der Waals surface area contributed by atoms with Gasteiger partial charge in [-0.2, -0.15) is 0 Å². The van der Waals surface area contributed by atoms with Crippen molar-refractivity contribution >= 4 is 11.7 Å². The van der Waals surface area contributed by atoms with Crippen LogP contribution in [0.15, 0.2) is 35.6 Å². The Kier molecular flexibility index (Phi) is 4.28. The van der Waals surface area contributed by atoms with E-state index >= 15 is 0 Å². The van der Waals surface area contributed by atoms with Gasteiger partial charge in [0.15, 0.2) is 11.5 Å². The van der Waals surface area contributed by atoms with Gasteiger partial charge in [0.2, 0.25) is 0 Å². The molecule has 112 valence electrons. The van der Waals surface area contributed by atoms with Gasteiger partial charge in [-0.25, -0.2) is 0 Å². The Bertz CT molecular complexity index is 591. The second-order valence-corrected chi connectivity index (χ2v) is 4.72. The van der Waals surface area contributed by atoms with E-state index < -0.39 is 17.7 Å². The van der Waals surface area contributed by atoms with Crippen LogP contribution in [-0.4, -0.2) is 47.1 Å². The zero-order chi connectivity index (χ0) is 15.6. The van der Waals surface area contributed by atoms with Crippen LogP contribution in [-0.2, 0) is 9.59 Å². The average Bonchev–Trinajstić information content (AvgIpc) is 2.73. The zero-order valence-corrected chi connectivity index (χ0v) is 11.9. The van der Waals surface area contributed by atoms with Gasteiger partial charge in [-0.15, -0.1) is 0 Å². The molecule has 0 spiro atoms. The standard InChI is InChI=1S/C15H17NO5/c1-9(18)12-13(10-3-5-11(21-2)6-4-10)16(7-8-17)15(20)14(12)19/h3-6,13,17,19H,7-8H2,1-2H3/t13-/m1/s1. The van der Waals surface area contributed by atoms with Crippen LogP contribution in [0, 0.1) is 0 Å². The minimum absolute atomic E-state index is 0.0381. The summed E-state index contributed by atoms with van der Waals surface area (Å²) in [5.74, 6) is -0.914. The van der Waals surface area contributed by atoms with Gasteiger partial charge in [0, 0.05) is 6.54 Å². The number of methoxy groups -OCH3 is 1. The number of hydrogen-bond donors (Lipinski definition) is 2. The first-order chi connectivity index (χ1) is 10.0. The SMILES string of the molecule is COc1ccc([C@@H]2C(C(C)=O)=C(O)C(=O)N2CCO)cc1. The van der Waals surface area contributed by atoms with Crippen molar-refractivity contribution in [3.05, 3.63) is 41.2 Å². The Labute approximate surface area is 122 Å². The van der Waals surface area contributed by atoms with Crippen LogP contribution in [0.1, 0.15) is 18.5 Å². The summed E-state index contributed by atoms with van der Waals surface area (Å²) in [4.78, 5) is 25.1. The normalized spacial score (nSPS) is 18.3.